The molecule has 0 aromatic heterocycles. The number of hydrogen-bond donors (Lipinski definition) is 1. The van der Waals surface area contributed by atoms with E-state index >= 15 is 0 Å². The van der Waals surface area contributed by atoms with Crippen molar-refractivity contribution in [3.63, 3.8) is 0 Å². The van der Waals surface area contributed by atoms with Gasteiger partial charge in [-0.25, -0.2) is 0 Å². The average Bonchev–Trinajstić information content (AvgIpc) is 2.59. The first-order valence-electron chi connectivity index (χ1n) is 4.95. The molecule has 1 aliphatic carbocycles. The van der Waals surface area contributed by atoms with E-state index in [4.69, 9.17) is 0 Å². The van der Waals surface area contributed by atoms with Gasteiger partial charge in [-0.2, -0.15) is 0 Å². The maximum absolute atomic E-state index is 11.2. The van der Waals surface area contributed by atoms with Gasteiger partial charge in [0.1, 0.15) is 0 Å². The number of aryl methyl sites for hydroxylation is 1. The van der Waals surface area contributed by atoms with Gasteiger partial charge in [0, 0.05) is 6.08 Å². The third kappa shape index (κ3) is 1.00. The van der Waals surface area contributed by atoms with Gasteiger partial charge in [0.25, 0.3) is 0 Å². The van der Waals surface area contributed by atoms with Crippen LogP contribution >= 0.6 is 0 Å². The Bertz CT molecular complexity index is 434. The van der Waals surface area contributed by atoms with Crippen molar-refractivity contribution in [2.75, 3.05) is 0 Å². The summed E-state index contributed by atoms with van der Waals surface area (Å²) < 4.78 is 0. The summed E-state index contributed by atoms with van der Waals surface area (Å²) in [5, 5.41) is 2.97. The summed E-state index contributed by atoms with van der Waals surface area (Å²) in [4.78, 5) is 11.2. The van der Waals surface area contributed by atoms with E-state index in [-0.39, 0.29) is 11.9 Å². The molecule has 1 heterocycles. The van der Waals surface area contributed by atoms with E-state index in [1.807, 2.05) is 6.07 Å². The van der Waals surface area contributed by atoms with Crippen LogP contribution in [0.1, 0.15) is 17.5 Å². The summed E-state index contributed by atoms with van der Waals surface area (Å²) in [6.07, 6.45) is 3.84. The van der Waals surface area contributed by atoms with Crippen molar-refractivity contribution < 1.29 is 4.79 Å². The maximum Gasteiger partial charge on any atom is 0.244 e. The number of nitrogens with one attached hydrogen (secondary N) is 1. The molecule has 14 heavy (non-hydrogen) atoms. The molecule has 1 amide bonds. The number of fused-ring (bicyclic) bond motifs is 3. The van der Waals surface area contributed by atoms with Crippen LogP contribution in [0, 0.1) is 0 Å². The van der Waals surface area contributed by atoms with Crippen LogP contribution in [0.3, 0.4) is 0 Å². The molecule has 2 nitrogen and oxygen atoms in total. The van der Waals surface area contributed by atoms with E-state index < -0.39 is 0 Å². The summed E-state index contributed by atoms with van der Waals surface area (Å²) in [6.45, 7) is 0. The summed E-state index contributed by atoms with van der Waals surface area (Å²) in [5.74, 6) is 0.0571. The molecule has 1 aromatic carbocycles. The lowest BCUT2D eigenvalue weighted by Crippen LogP contribution is -2.30. The highest BCUT2D eigenvalue weighted by atomic mass is 16.1. The highest BCUT2D eigenvalue weighted by molar-refractivity contribution is 6.02. The largest absolute Gasteiger partial charge is 0.346 e. The molecule has 2 aliphatic rings. The molecule has 0 saturated carbocycles. The first-order valence-corrected chi connectivity index (χ1v) is 4.95. The molecule has 0 spiro atoms. The molecule has 0 bridgehead atoms. The van der Waals surface area contributed by atoms with Crippen molar-refractivity contribution in [2.24, 2.45) is 0 Å². The third-order valence-corrected chi connectivity index (χ3v) is 3.01. The van der Waals surface area contributed by atoms with E-state index in [2.05, 4.69) is 23.5 Å². The zero-order valence-electron chi connectivity index (χ0n) is 7.79. The van der Waals surface area contributed by atoms with Crippen molar-refractivity contribution in [3.8, 4) is 0 Å². The van der Waals surface area contributed by atoms with E-state index in [0.29, 0.717) is 0 Å². The Morgan fingerprint density at radius 3 is 3.07 bits per heavy atom. The molecule has 70 valence electrons. The minimum atomic E-state index is 0.0571. The molecule has 1 aliphatic heterocycles. The normalized spacial score (nSPS) is 23.6. The molecule has 1 N–H and O–H groups in total. The Labute approximate surface area is 82.6 Å². The van der Waals surface area contributed by atoms with Gasteiger partial charge < -0.3 is 5.32 Å². The number of benzene rings is 1. The molecule has 0 fully saturated rings. The molecular weight excluding hydrogens is 174 g/mol. The Hall–Kier alpha value is -1.57. The standard InChI is InChI=1S/C12H11NO/c14-12-7-10-9-4-2-1-3-8(9)5-6-11(10)13-12/h1-4,7,11H,5-6H2,(H,13,14). The molecule has 1 unspecified atom stereocenters. The number of carbonyl (C=O) groups excluding carboxylic acids is 1. The lowest BCUT2D eigenvalue weighted by Gasteiger charge is -2.23. The Kier molecular flexibility index (Phi) is 1.51. The fraction of sp³-hybridized carbons (Fsp3) is 0.250. The zero-order valence-corrected chi connectivity index (χ0v) is 7.79. The predicted octanol–water partition coefficient (Wildman–Crippen LogP) is 1.51. The van der Waals surface area contributed by atoms with Crippen LogP contribution in [0.15, 0.2) is 30.3 Å². The van der Waals surface area contributed by atoms with Crippen LogP contribution in [0.2, 0.25) is 0 Å². The van der Waals surface area contributed by atoms with Gasteiger partial charge >= 0.3 is 0 Å². The fourth-order valence-corrected chi connectivity index (χ4v) is 2.35. The first-order chi connectivity index (χ1) is 6.84. The molecule has 2 heteroatoms. The van der Waals surface area contributed by atoms with Crippen molar-refractivity contribution >= 4 is 11.5 Å². The number of rotatable bonds is 0. The van der Waals surface area contributed by atoms with Crippen LogP contribution in [0.4, 0.5) is 0 Å². The number of amides is 1. The molecule has 0 saturated heterocycles. The molecule has 0 radical (unpaired) electrons. The average molecular weight is 185 g/mol. The quantitative estimate of drug-likeness (QED) is 0.652. The van der Waals surface area contributed by atoms with Crippen LogP contribution in [0.5, 0.6) is 0 Å². The number of hydrogen-bond acceptors (Lipinski definition) is 1. The second-order valence-corrected chi connectivity index (χ2v) is 3.86. The second-order valence-electron chi connectivity index (χ2n) is 3.86. The van der Waals surface area contributed by atoms with Crippen LogP contribution < -0.4 is 5.32 Å². The van der Waals surface area contributed by atoms with Gasteiger partial charge in [-0.05, 0) is 29.5 Å². The minimum absolute atomic E-state index is 0.0571. The lowest BCUT2D eigenvalue weighted by atomic mass is 9.85. The van der Waals surface area contributed by atoms with E-state index in [1.54, 1.807) is 6.08 Å². The van der Waals surface area contributed by atoms with Crippen molar-refractivity contribution in [1.82, 2.24) is 5.32 Å². The minimum Gasteiger partial charge on any atom is -0.346 e. The van der Waals surface area contributed by atoms with Crippen molar-refractivity contribution in [2.45, 2.75) is 18.9 Å². The highest BCUT2D eigenvalue weighted by Crippen LogP contribution is 2.33. The van der Waals surface area contributed by atoms with Gasteiger partial charge in [-0.3, -0.25) is 4.79 Å². The second kappa shape index (κ2) is 2.71. The lowest BCUT2D eigenvalue weighted by molar-refractivity contribution is -0.116. The zero-order chi connectivity index (χ0) is 9.54. The van der Waals surface area contributed by atoms with Gasteiger partial charge in [-0.15, -0.1) is 0 Å². The Morgan fingerprint density at radius 1 is 1.29 bits per heavy atom. The molecule has 1 aromatic rings. The topological polar surface area (TPSA) is 29.1 Å². The van der Waals surface area contributed by atoms with E-state index in [1.165, 1.54) is 16.7 Å². The summed E-state index contributed by atoms with van der Waals surface area (Å²) >= 11 is 0. The van der Waals surface area contributed by atoms with Crippen molar-refractivity contribution in [3.05, 3.63) is 41.5 Å². The SMILES string of the molecule is O=C1C=C2c3ccccc3CCC2N1. The van der Waals surface area contributed by atoms with Crippen molar-refractivity contribution in [1.29, 1.82) is 0 Å². The van der Waals surface area contributed by atoms with Crippen LogP contribution in [-0.4, -0.2) is 11.9 Å². The predicted molar refractivity (Wildman–Crippen MR) is 54.7 cm³/mol. The van der Waals surface area contributed by atoms with Gasteiger partial charge in [0.2, 0.25) is 5.91 Å². The first kappa shape index (κ1) is 7.80. The Morgan fingerprint density at radius 2 is 2.14 bits per heavy atom. The summed E-state index contributed by atoms with van der Waals surface area (Å²) in [7, 11) is 0. The van der Waals surface area contributed by atoms with Gasteiger partial charge in [-0.1, -0.05) is 24.3 Å². The van der Waals surface area contributed by atoms with E-state index in [9.17, 15) is 4.79 Å². The monoisotopic (exact) mass is 185 g/mol. The Balaban J connectivity index is 2.16. The van der Waals surface area contributed by atoms with Gasteiger partial charge in [0.15, 0.2) is 0 Å². The summed E-state index contributed by atoms with van der Waals surface area (Å²) in [5.41, 5.74) is 3.80. The van der Waals surface area contributed by atoms with Crippen LogP contribution in [0.25, 0.3) is 5.57 Å². The van der Waals surface area contributed by atoms with E-state index in [0.717, 1.165) is 12.8 Å². The molecule has 3 rings (SSSR count). The van der Waals surface area contributed by atoms with Gasteiger partial charge in [0.05, 0.1) is 6.04 Å². The number of carbonyl (C=O) groups is 1. The third-order valence-electron chi connectivity index (χ3n) is 3.01. The molecule has 1 atom stereocenters. The smallest absolute Gasteiger partial charge is 0.244 e. The summed E-state index contributed by atoms with van der Waals surface area (Å²) in [6, 6.07) is 8.61. The fourth-order valence-electron chi connectivity index (χ4n) is 2.35. The van der Waals surface area contributed by atoms with Crippen LogP contribution in [-0.2, 0) is 11.2 Å². The highest BCUT2D eigenvalue weighted by Gasteiger charge is 2.29. The molecular formula is C12H11NO. The maximum atomic E-state index is 11.2.